The molecule has 4 rings (SSSR count). The van der Waals surface area contributed by atoms with Crippen LogP contribution in [0.15, 0.2) is 63.8 Å². The average molecular weight is 532 g/mol. The fourth-order valence-electron chi connectivity index (χ4n) is 3.65. The van der Waals surface area contributed by atoms with Crippen LogP contribution in [0, 0.1) is 20.8 Å². The molecule has 0 saturated heterocycles. The van der Waals surface area contributed by atoms with Crippen molar-refractivity contribution in [2.24, 2.45) is 0 Å². The van der Waals surface area contributed by atoms with Crippen LogP contribution in [0.5, 0.6) is 17.2 Å². The number of aryl methyl sites for hydroxylation is 3. The number of carbonyl (C=O) groups excluding carboxylic acids is 1. The van der Waals surface area contributed by atoms with Gasteiger partial charge in [-0.05, 0) is 73.9 Å². The summed E-state index contributed by atoms with van der Waals surface area (Å²) in [4.78, 5) is 25.2. The first-order valence-electron chi connectivity index (χ1n) is 11.0. The van der Waals surface area contributed by atoms with E-state index < -0.39 is 35.6 Å². The molecule has 0 bridgehead atoms. The predicted octanol–water partition coefficient (Wildman–Crippen LogP) is 7.20. The summed E-state index contributed by atoms with van der Waals surface area (Å²) in [5.74, 6) is -2.95. The van der Waals surface area contributed by atoms with E-state index in [0.29, 0.717) is 10.7 Å². The standard InChI is InChI=1S/C27H21ClF3NO5/c1-14-8-15(2)10-19(9-14)36-25-24(34)20-7-6-18(12-22(20)37-26(25)27(29,30)31)35-13-23(33)32-17-5-4-16(3)21(28)11-17/h4-12H,13H2,1-3H3,(H,32,33). The van der Waals surface area contributed by atoms with Crippen LogP contribution in [-0.2, 0) is 11.0 Å². The number of rotatable bonds is 6. The lowest BCUT2D eigenvalue weighted by Gasteiger charge is -2.14. The monoisotopic (exact) mass is 531 g/mol. The van der Waals surface area contributed by atoms with Gasteiger partial charge >= 0.3 is 6.18 Å². The van der Waals surface area contributed by atoms with Crippen molar-refractivity contribution in [2.45, 2.75) is 26.9 Å². The van der Waals surface area contributed by atoms with Gasteiger partial charge in [0.25, 0.3) is 11.7 Å². The number of alkyl halides is 3. The molecular weight excluding hydrogens is 511 g/mol. The Balaban J connectivity index is 1.60. The zero-order chi connectivity index (χ0) is 26.9. The van der Waals surface area contributed by atoms with Crippen LogP contribution in [0.2, 0.25) is 5.02 Å². The topological polar surface area (TPSA) is 77.8 Å². The van der Waals surface area contributed by atoms with Crippen LogP contribution in [0.25, 0.3) is 11.0 Å². The third kappa shape index (κ3) is 6.06. The van der Waals surface area contributed by atoms with Crippen molar-refractivity contribution >= 4 is 34.2 Å². The zero-order valence-corrected chi connectivity index (χ0v) is 20.7. The highest BCUT2D eigenvalue weighted by molar-refractivity contribution is 6.31. The number of carbonyl (C=O) groups is 1. The van der Waals surface area contributed by atoms with Gasteiger partial charge in [-0.3, -0.25) is 9.59 Å². The number of fused-ring (bicyclic) bond motifs is 1. The van der Waals surface area contributed by atoms with Gasteiger partial charge in [-0.25, -0.2) is 0 Å². The highest BCUT2D eigenvalue weighted by Crippen LogP contribution is 2.39. The number of hydrogen-bond donors (Lipinski definition) is 1. The first-order valence-corrected chi connectivity index (χ1v) is 11.4. The van der Waals surface area contributed by atoms with E-state index in [0.717, 1.165) is 22.8 Å². The number of anilines is 1. The van der Waals surface area contributed by atoms with Gasteiger partial charge in [-0.1, -0.05) is 23.7 Å². The van der Waals surface area contributed by atoms with Gasteiger partial charge < -0.3 is 19.2 Å². The van der Waals surface area contributed by atoms with Gasteiger partial charge in [0.1, 0.15) is 17.1 Å². The number of halogens is 4. The molecule has 0 aliphatic heterocycles. The number of hydrogen-bond acceptors (Lipinski definition) is 5. The van der Waals surface area contributed by atoms with E-state index in [9.17, 15) is 22.8 Å². The Kier molecular flexibility index (Phi) is 7.18. The van der Waals surface area contributed by atoms with Gasteiger partial charge in [0.2, 0.25) is 11.2 Å². The van der Waals surface area contributed by atoms with Crippen molar-refractivity contribution in [3.8, 4) is 17.2 Å². The summed E-state index contributed by atoms with van der Waals surface area (Å²) in [6, 6.07) is 13.6. The van der Waals surface area contributed by atoms with E-state index >= 15 is 0 Å². The molecule has 1 heterocycles. The Hall–Kier alpha value is -3.98. The van der Waals surface area contributed by atoms with Crippen molar-refractivity contribution in [1.82, 2.24) is 0 Å². The first-order chi connectivity index (χ1) is 17.4. The molecule has 1 amide bonds. The quantitative estimate of drug-likeness (QED) is 0.285. The SMILES string of the molecule is Cc1cc(C)cc(Oc2c(C(F)(F)F)oc3cc(OCC(=O)Nc4ccc(C)c(Cl)c4)ccc3c2=O)c1. The first kappa shape index (κ1) is 26.1. The van der Waals surface area contributed by atoms with E-state index in [1.54, 1.807) is 32.0 Å². The second kappa shape index (κ2) is 10.2. The minimum Gasteiger partial charge on any atom is -0.484 e. The maximum atomic E-state index is 13.8. The molecule has 0 radical (unpaired) electrons. The van der Waals surface area contributed by atoms with E-state index in [2.05, 4.69) is 5.32 Å². The van der Waals surface area contributed by atoms with Crippen molar-refractivity contribution in [3.05, 3.63) is 92.3 Å². The van der Waals surface area contributed by atoms with Gasteiger partial charge in [0.15, 0.2) is 6.61 Å². The summed E-state index contributed by atoms with van der Waals surface area (Å²) < 4.78 is 57.4. The summed E-state index contributed by atoms with van der Waals surface area (Å²) in [6.07, 6.45) is -5.01. The molecular formula is C27H21ClF3NO5. The maximum absolute atomic E-state index is 13.8. The molecule has 0 atom stereocenters. The maximum Gasteiger partial charge on any atom is 0.453 e. The molecule has 0 aliphatic carbocycles. The molecule has 1 N–H and O–H groups in total. The minimum atomic E-state index is -5.01. The average Bonchev–Trinajstić information content (AvgIpc) is 2.80. The third-order valence-electron chi connectivity index (χ3n) is 5.32. The highest BCUT2D eigenvalue weighted by Gasteiger charge is 2.40. The predicted molar refractivity (Wildman–Crippen MR) is 134 cm³/mol. The lowest BCUT2D eigenvalue weighted by atomic mass is 10.1. The fraction of sp³-hybridized carbons (Fsp3) is 0.185. The molecule has 0 unspecified atom stereocenters. The summed E-state index contributed by atoms with van der Waals surface area (Å²) in [5.41, 5.74) is 1.45. The molecule has 3 aromatic carbocycles. The van der Waals surface area contributed by atoms with Crippen molar-refractivity contribution < 1.29 is 31.9 Å². The van der Waals surface area contributed by atoms with Crippen LogP contribution in [0.4, 0.5) is 18.9 Å². The Bertz CT molecular complexity index is 1540. The molecule has 0 aliphatic rings. The Labute approximate surface area is 214 Å². The normalized spacial score (nSPS) is 11.4. The smallest absolute Gasteiger partial charge is 0.453 e. The fourth-order valence-corrected chi connectivity index (χ4v) is 3.83. The van der Waals surface area contributed by atoms with Crippen LogP contribution in [-0.4, -0.2) is 12.5 Å². The number of benzene rings is 3. The minimum absolute atomic E-state index is 0.0313. The number of amides is 1. The summed E-state index contributed by atoms with van der Waals surface area (Å²) in [6.45, 7) is 4.88. The highest BCUT2D eigenvalue weighted by atomic mass is 35.5. The van der Waals surface area contributed by atoms with Gasteiger partial charge in [-0.15, -0.1) is 0 Å². The molecule has 192 valence electrons. The van der Waals surface area contributed by atoms with Crippen molar-refractivity contribution in [3.63, 3.8) is 0 Å². The molecule has 37 heavy (non-hydrogen) atoms. The van der Waals surface area contributed by atoms with Crippen LogP contribution >= 0.6 is 11.6 Å². The molecule has 1 aromatic heterocycles. The van der Waals surface area contributed by atoms with Crippen LogP contribution in [0.1, 0.15) is 22.5 Å². The zero-order valence-electron chi connectivity index (χ0n) is 20.0. The Morgan fingerprint density at radius 1 is 0.973 bits per heavy atom. The van der Waals surface area contributed by atoms with Crippen molar-refractivity contribution in [2.75, 3.05) is 11.9 Å². The lowest BCUT2D eigenvalue weighted by Crippen LogP contribution is -2.20. The number of ether oxygens (including phenoxy) is 2. The van der Waals surface area contributed by atoms with Gasteiger partial charge in [0.05, 0.1) is 5.39 Å². The molecule has 4 aromatic rings. The van der Waals surface area contributed by atoms with Crippen LogP contribution in [0.3, 0.4) is 0 Å². The molecule has 0 saturated carbocycles. The summed E-state index contributed by atoms with van der Waals surface area (Å²) in [5, 5.41) is 2.94. The van der Waals surface area contributed by atoms with E-state index in [1.165, 1.54) is 24.3 Å². The van der Waals surface area contributed by atoms with Gasteiger partial charge in [-0.2, -0.15) is 13.2 Å². The Morgan fingerprint density at radius 2 is 1.68 bits per heavy atom. The number of nitrogens with one attached hydrogen (secondary N) is 1. The second-order valence-electron chi connectivity index (χ2n) is 8.47. The Morgan fingerprint density at radius 3 is 2.32 bits per heavy atom. The summed E-state index contributed by atoms with van der Waals surface area (Å²) >= 11 is 6.05. The van der Waals surface area contributed by atoms with Gasteiger partial charge in [0, 0.05) is 16.8 Å². The summed E-state index contributed by atoms with van der Waals surface area (Å²) in [7, 11) is 0. The third-order valence-corrected chi connectivity index (χ3v) is 5.73. The van der Waals surface area contributed by atoms with Crippen LogP contribution < -0.4 is 20.2 Å². The van der Waals surface area contributed by atoms with E-state index in [4.69, 9.17) is 25.5 Å². The second-order valence-corrected chi connectivity index (χ2v) is 8.88. The largest absolute Gasteiger partial charge is 0.484 e. The lowest BCUT2D eigenvalue weighted by molar-refractivity contribution is -0.154. The van der Waals surface area contributed by atoms with E-state index in [1.807, 2.05) is 13.0 Å². The molecule has 0 fully saturated rings. The molecule has 10 heteroatoms. The van der Waals surface area contributed by atoms with E-state index in [-0.39, 0.29) is 22.5 Å². The molecule has 6 nitrogen and oxygen atoms in total. The molecule has 0 spiro atoms. The van der Waals surface area contributed by atoms with Crippen molar-refractivity contribution in [1.29, 1.82) is 0 Å².